The quantitative estimate of drug-likeness (QED) is 0.490. The van der Waals surface area contributed by atoms with Gasteiger partial charge in [-0.1, -0.05) is 61.2 Å². The van der Waals surface area contributed by atoms with Crippen LogP contribution in [0.4, 0.5) is 0 Å². The van der Waals surface area contributed by atoms with Crippen molar-refractivity contribution < 1.29 is 14.3 Å². The Morgan fingerprint density at radius 2 is 1.62 bits per heavy atom. The summed E-state index contributed by atoms with van der Waals surface area (Å²) in [6, 6.07) is 18.8. The van der Waals surface area contributed by atoms with E-state index in [-0.39, 0.29) is 5.91 Å². The molecule has 4 nitrogen and oxygen atoms in total. The summed E-state index contributed by atoms with van der Waals surface area (Å²) in [5, 5.41) is 0. The van der Waals surface area contributed by atoms with Crippen LogP contribution in [0.5, 0.6) is 5.75 Å². The highest BCUT2D eigenvalue weighted by molar-refractivity contribution is 5.81. The summed E-state index contributed by atoms with van der Waals surface area (Å²) in [6.45, 7) is 5.08. The first kappa shape index (κ1) is 19.2. The van der Waals surface area contributed by atoms with Crippen molar-refractivity contribution in [3.63, 3.8) is 0 Å². The molecule has 4 heteroatoms. The van der Waals surface area contributed by atoms with Crippen molar-refractivity contribution in [3.8, 4) is 5.75 Å². The molecule has 0 spiro atoms. The molecule has 0 radical (unpaired) electrons. The Labute approximate surface area is 143 Å². The molecular weight excluding hydrogens is 302 g/mol. The number of β-lactam (4-membered cyclic amide) rings is 1. The number of para-hydroxylation sites is 1. The van der Waals surface area contributed by atoms with Gasteiger partial charge >= 0.3 is 0 Å². The Kier molecular flexibility index (Phi) is 9.31. The fraction of sp³-hybridized carbons (Fsp3) is 0.200. The molecular formula is C20H23NO3. The molecule has 1 aliphatic rings. The van der Waals surface area contributed by atoms with E-state index in [1.807, 2.05) is 55.6 Å². The molecule has 126 valence electrons. The average molecular weight is 325 g/mol. The van der Waals surface area contributed by atoms with Crippen LogP contribution in [-0.4, -0.2) is 37.3 Å². The number of nitrogens with zero attached hydrogens (tertiary/aromatic N) is 1. The molecule has 3 rings (SSSR count). The van der Waals surface area contributed by atoms with E-state index in [0.717, 1.165) is 30.6 Å². The van der Waals surface area contributed by atoms with Gasteiger partial charge in [0, 0.05) is 25.6 Å². The van der Waals surface area contributed by atoms with Crippen LogP contribution in [0.2, 0.25) is 0 Å². The number of benzene rings is 2. The third-order valence-corrected chi connectivity index (χ3v) is 3.13. The van der Waals surface area contributed by atoms with Crippen LogP contribution >= 0.6 is 0 Å². The van der Waals surface area contributed by atoms with Crippen molar-refractivity contribution in [2.45, 2.75) is 6.42 Å². The highest BCUT2D eigenvalue weighted by Crippen LogP contribution is 2.07. The Bertz CT molecular complexity index is 611. The summed E-state index contributed by atoms with van der Waals surface area (Å²) in [7, 11) is 1.81. The monoisotopic (exact) mass is 325 g/mol. The Hall–Kier alpha value is -2.88. The number of carbonyl (C=O) groups excluding carboxylic acids is 2. The summed E-state index contributed by atoms with van der Waals surface area (Å²) in [5.74, 6) is 1.16. The lowest BCUT2D eigenvalue weighted by Gasteiger charge is -2.24. The molecule has 24 heavy (non-hydrogen) atoms. The number of carbonyl (C=O) groups is 2. The van der Waals surface area contributed by atoms with Crippen LogP contribution in [0, 0.1) is 0 Å². The second kappa shape index (κ2) is 11.7. The average Bonchev–Trinajstić information content (AvgIpc) is 2.67. The third-order valence-electron chi connectivity index (χ3n) is 3.13. The first-order valence-corrected chi connectivity index (χ1v) is 7.70. The van der Waals surface area contributed by atoms with E-state index in [4.69, 9.17) is 4.74 Å². The van der Waals surface area contributed by atoms with Crippen molar-refractivity contribution in [1.82, 2.24) is 4.90 Å². The van der Waals surface area contributed by atoms with Crippen molar-refractivity contribution in [2.24, 2.45) is 0 Å². The molecule has 0 bridgehead atoms. The number of hydrogen-bond acceptors (Lipinski definition) is 3. The molecule has 0 unspecified atom stereocenters. The summed E-state index contributed by atoms with van der Waals surface area (Å²) >= 11 is 0. The number of likely N-dealkylation sites (tertiary alicyclic amines) is 1. The van der Waals surface area contributed by atoms with Crippen molar-refractivity contribution in [2.75, 3.05) is 20.2 Å². The van der Waals surface area contributed by atoms with Gasteiger partial charge in [0.15, 0.2) is 0 Å². The maximum Gasteiger partial charge on any atom is 0.224 e. The lowest BCUT2D eigenvalue weighted by Crippen LogP contribution is -2.39. The zero-order valence-electron chi connectivity index (χ0n) is 13.9. The predicted octanol–water partition coefficient (Wildman–Crippen LogP) is 3.60. The number of hydrogen-bond donors (Lipinski definition) is 0. The van der Waals surface area contributed by atoms with Gasteiger partial charge in [0.2, 0.25) is 5.91 Å². The van der Waals surface area contributed by atoms with E-state index >= 15 is 0 Å². The normalized spacial score (nSPS) is 11.7. The fourth-order valence-electron chi connectivity index (χ4n) is 1.63. The molecule has 2 aromatic rings. The molecule has 2 aromatic carbocycles. The molecule has 0 aliphatic carbocycles. The number of ether oxygens (including phenoxy) is 1. The zero-order valence-corrected chi connectivity index (χ0v) is 13.9. The van der Waals surface area contributed by atoms with Crippen LogP contribution in [-0.2, 0) is 4.79 Å². The highest BCUT2D eigenvalue weighted by Gasteiger charge is 2.17. The zero-order chi connectivity index (χ0) is 17.6. The summed E-state index contributed by atoms with van der Waals surface area (Å²) in [6.07, 6.45) is 3.32. The van der Waals surface area contributed by atoms with Crippen molar-refractivity contribution in [1.29, 1.82) is 0 Å². The second-order valence-electron chi connectivity index (χ2n) is 5.01. The van der Waals surface area contributed by atoms with E-state index < -0.39 is 0 Å². The SMILES string of the molecule is C=CCOc1ccccc1.CN1CCC1=O.O=Cc1ccccc1. The number of rotatable bonds is 4. The maximum absolute atomic E-state index is 10.2. The van der Waals surface area contributed by atoms with Gasteiger partial charge in [-0.3, -0.25) is 9.59 Å². The molecule has 1 heterocycles. The van der Waals surface area contributed by atoms with Gasteiger partial charge in [0.25, 0.3) is 0 Å². The third kappa shape index (κ3) is 7.94. The van der Waals surface area contributed by atoms with Gasteiger partial charge in [-0.15, -0.1) is 0 Å². The van der Waals surface area contributed by atoms with Gasteiger partial charge in [-0.25, -0.2) is 0 Å². The minimum absolute atomic E-state index is 0.273. The van der Waals surface area contributed by atoms with E-state index in [1.54, 1.807) is 23.1 Å². The van der Waals surface area contributed by atoms with Crippen LogP contribution in [0.15, 0.2) is 73.3 Å². The number of aldehydes is 1. The molecule has 1 aliphatic heterocycles. The Morgan fingerprint density at radius 3 is 1.96 bits per heavy atom. The largest absolute Gasteiger partial charge is 0.490 e. The standard InChI is InChI=1S/C9H10O.C7H6O.C4H7NO/c1-2-8-10-9-6-4-3-5-7-9;8-6-7-4-2-1-3-5-7;1-5-3-2-4(5)6/h2-7H,1,8H2;1-6H;2-3H2,1H3. The van der Waals surface area contributed by atoms with Gasteiger partial charge in [0.1, 0.15) is 18.6 Å². The van der Waals surface area contributed by atoms with Crippen LogP contribution in [0.3, 0.4) is 0 Å². The first-order chi connectivity index (χ1) is 11.7. The minimum Gasteiger partial charge on any atom is -0.490 e. The van der Waals surface area contributed by atoms with E-state index in [0.29, 0.717) is 6.61 Å². The molecule has 0 atom stereocenters. The first-order valence-electron chi connectivity index (χ1n) is 7.70. The van der Waals surface area contributed by atoms with Crippen LogP contribution in [0.25, 0.3) is 0 Å². The van der Waals surface area contributed by atoms with E-state index in [2.05, 4.69) is 6.58 Å². The molecule has 0 saturated carbocycles. The summed E-state index contributed by atoms with van der Waals surface area (Å²) in [5.41, 5.74) is 0.729. The summed E-state index contributed by atoms with van der Waals surface area (Å²) < 4.78 is 5.24. The highest BCUT2D eigenvalue weighted by atomic mass is 16.5. The number of amides is 1. The van der Waals surface area contributed by atoms with Gasteiger partial charge < -0.3 is 9.64 Å². The van der Waals surface area contributed by atoms with Crippen molar-refractivity contribution in [3.05, 3.63) is 78.9 Å². The van der Waals surface area contributed by atoms with Gasteiger partial charge in [0.05, 0.1) is 0 Å². The van der Waals surface area contributed by atoms with E-state index in [1.165, 1.54) is 0 Å². The topological polar surface area (TPSA) is 46.6 Å². The lowest BCUT2D eigenvalue weighted by molar-refractivity contribution is -0.137. The second-order valence-corrected chi connectivity index (χ2v) is 5.01. The molecule has 1 amide bonds. The van der Waals surface area contributed by atoms with Gasteiger partial charge in [-0.2, -0.15) is 0 Å². The Morgan fingerprint density at radius 1 is 1.08 bits per heavy atom. The summed E-state index contributed by atoms with van der Waals surface area (Å²) in [4.78, 5) is 21.9. The molecule has 1 fully saturated rings. The van der Waals surface area contributed by atoms with Crippen LogP contribution in [0.1, 0.15) is 16.8 Å². The van der Waals surface area contributed by atoms with E-state index in [9.17, 15) is 9.59 Å². The van der Waals surface area contributed by atoms with Gasteiger partial charge in [-0.05, 0) is 12.1 Å². The Balaban J connectivity index is 0.000000186. The fourth-order valence-corrected chi connectivity index (χ4v) is 1.63. The van der Waals surface area contributed by atoms with Crippen molar-refractivity contribution >= 4 is 12.2 Å². The maximum atomic E-state index is 10.2. The molecule has 0 N–H and O–H groups in total. The molecule has 0 aromatic heterocycles. The lowest BCUT2D eigenvalue weighted by atomic mass is 10.2. The molecule has 1 saturated heterocycles. The minimum atomic E-state index is 0.273. The smallest absolute Gasteiger partial charge is 0.224 e. The predicted molar refractivity (Wildman–Crippen MR) is 96.2 cm³/mol. The van der Waals surface area contributed by atoms with Crippen LogP contribution < -0.4 is 4.74 Å².